The number of carbonyl (C=O) groups excluding carboxylic acids is 2. The Morgan fingerprint density at radius 2 is 1.77 bits per heavy atom. The van der Waals surface area contributed by atoms with Crippen LogP contribution >= 0.6 is 0 Å². The standard InChI is InChI=1S/C23H22F3N3O2/c1-2-21(30)29-13-16(14-29)22(31)28-11-10-19-15(12-28)4-3-5-20(19)27-18-8-6-17(7-9-18)23(24,25)26/h2-9,16,27H,1,10-14H2. The third kappa shape index (κ3) is 4.28. The van der Waals surface area contributed by atoms with Gasteiger partial charge in [0.2, 0.25) is 11.8 Å². The van der Waals surface area contributed by atoms with Crippen LogP contribution in [-0.2, 0) is 28.7 Å². The van der Waals surface area contributed by atoms with Crippen molar-refractivity contribution in [3.05, 3.63) is 71.8 Å². The highest BCUT2D eigenvalue weighted by Crippen LogP contribution is 2.33. The van der Waals surface area contributed by atoms with Gasteiger partial charge in [0.05, 0.1) is 11.5 Å². The van der Waals surface area contributed by atoms with E-state index in [0.717, 1.165) is 28.9 Å². The summed E-state index contributed by atoms with van der Waals surface area (Å²) in [4.78, 5) is 27.8. The van der Waals surface area contributed by atoms with Crippen molar-refractivity contribution in [3.63, 3.8) is 0 Å². The Bertz CT molecular complexity index is 1010. The molecule has 0 bridgehead atoms. The summed E-state index contributed by atoms with van der Waals surface area (Å²) in [6.07, 6.45) is -2.47. The largest absolute Gasteiger partial charge is 0.416 e. The predicted molar refractivity (Wildman–Crippen MR) is 111 cm³/mol. The van der Waals surface area contributed by atoms with Crippen LogP contribution in [0.25, 0.3) is 0 Å². The van der Waals surface area contributed by atoms with E-state index in [1.54, 1.807) is 4.90 Å². The number of nitrogens with one attached hydrogen (secondary N) is 1. The lowest BCUT2D eigenvalue weighted by atomic mass is 9.93. The molecule has 4 rings (SSSR count). The number of nitrogens with zero attached hydrogens (tertiary/aromatic N) is 2. The minimum Gasteiger partial charge on any atom is -0.355 e. The van der Waals surface area contributed by atoms with Crippen molar-refractivity contribution in [1.29, 1.82) is 0 Å². The van der Waals surface area contributed by atoms with Crippen LogP contribution < -0.4 is 5.32 Å². The van der Waals surface area contributed by atoms with Crippen LogP contribution in [0.5, 0.6) is 0 Å². The molecule has 1 N–H and O–H groups in total. The summed E-state index contributed by atoms with van der Waals surface area (Å²) < 4.78 is 38.3. The number of likely N-dealkylation sites (tertiary alicyclic amines) is 1. The fraction of sp³-hybridized carbons (Fsp3) is 0.304. The summed E-state index contributed by atoms with van der Waals surface area (Å²) in [5.74, 6) is -0.300. The molecular weight excluding hydrogens is 407 g/mol. The van der Waals surface area contributed by atoms with E-state index in [4.69, 9.17) is 0 Å². The normalized spacial score (nSPS) is 16.4. The summed E-state index contributed by atoms with van der Waals surface area (Å²) in [6, 6.07) is 10.6. The smallest absolute Gasteiger partial charge is 0.355 e. The molecule has 31 heavy (non-hydrogen) atoms. The van der Waals surface area contributed by atoms with E-state index in [1.807, 2.05) is 23.1 Å². The maximum atomic E-state index is 12.8. The predicted octanol–water partition coefficient (Wildman–Crippen LogP) is 3.98. The lowest BCUT2D eigenvalue weighted by molar-refractivity contribution is -0.147. The fourth-order valence-corrected chi connectivity index (χ4v) is 4.01. The molecule has 2 aromatic carbocycles. The van der Waals surface area contributed by atoms with Crippen LogP contribution in [0.2, 0.25) is 0 Å². The van der Waals surface area contributed by atoms with Crippen molar-refractivity contribution >= 4 is 23.2 Å². The number of fused-ring (bicyclic) bond motifs is 1. The third-order valence-corrected chi connectivity index (χ3v) is 5.79. The average Bonchev–Trinajstić information content (AvgIpc) is 2.72. The highest BCUT2D eigenvalue weighted by Gasteiger charge is 2.38. The molecular formula is C23H22F3N3O2. The van der Waals surface area contributed by atoms with Crippen molar-refractivity contribution in [3.8, 4) is 0 Å². The number of rotatable bonds is 4. The molecule has 0 aromatic heterocycles. The Labute approximate surface area is 178 Å². The molecule has 8 heteroatoms. The van der Waals surface area contributed by atoms with E-state index in [9.17, 15) is 22.8 Å². The van der Waals surface area contributed by atoms with Gasteiger partial charge in [-0.15, -0.1) is 0 Å². The van der Waals surface area contributed by atoms with Crippen LogP contribution in [0, 0.1) is 5.92 Å². The van der Waals surface area contributed by atoms with Crippen LogP contribution in [0.3, 0.4) is 0 Å². The molecule has 2 aliphatic rings. The first-order chi connectivity index (χ1) is 14.8. The lowest BCUT2D eigenvalue weighted by Gasteiger charge is -2.41. The monoisotopic (exact) mass is 429 g/mol. The van der Waals surface area contributed by atoms with E-state index < -0.39 is 11.7 Å². The molecule has 0 aliphatic carbocycles. The van der Waals surface area contributed by atoms with Gasteiger partial charge < -0.3 is 15.1 Å². The second-order valence-electron chi connectivity index (χ2n) is 7.80. The molecule has 2 heterocycles. The van der Waals surface area contributed by atoms with Crippen molar-refractivity contribution in [2.75, 3.05) is 25.0 Å². The topological polar surface area (TPSA) is 52.7 Å². The second kappa shape index (κ2) is 8.09. The van der Waals surface area contributed by atoms with Gasteiger partial charge in [-0.3, -0.25) is 9.59 Å². The van der Waals surface area contributed by atoms with Crippen LogP contribution in [0.15, 0.2) is 55.1 Å². The Kier molecular flexibility index (Phi) is 5.47. The quantitative estimate of drug-likeness (QED) is 0.749. The molecule has 2 amide bonds. The zero-order valence-corrected chi connectivity index (χ0v) is 16.8. The first-order valence-corrected chi connectivity index (χ1v) is 10.0. The number of amides is 2. The van der Waals surface area contributed by atoms with Crippen LogP contribution in [0.1, 0.15) is 16.7 Å². The molecule has 1 saturated heterocycles. The summed E-state index contributed by atoms with van der Waals surface area (Å²) >= 11 is 0. The zero-order valence-electron chi connectivity index (χ0n) is 16.8. The van der Waals surface area contributed by atoms with Crippen molar-refractivity contribution < 1.29 is 22.8 Å². The van der Waals surface area contributed by atoms with Gasteiger partial charge in [-0.25, -0.2) is 0 Å². The maximum Gasteiger partial charge on any atom is 0.416 e. The molecule has 162 valence electrons. The fourth-order valence-electron chi connectivity index (χ4n) is 4.01. The second-order valence-corrected chi connectivity index (χ2v) is 7.80. The number of anilines is 2. The van der Waals surface area contributed by atoms with E-state index in [-0.39, 0.29) is 17.7 Å². The Morgan fingerprint density at radius 1 is 1.06 bits per heavy atom. The summed E-state index contributed by atoms with van der Waals surface area (Å²) in [6.45, 7) is 5.33. The molecule has 2 aromatic rings. The van der Waals surface area contributed by atoms with E-state index in [0.29, 0.717) is 38.3 Å². The Balaban J connectivity index is 1.42. The Morgan fingerprint density at radius 3 is 2.42 bits per heavy atom. The molecule has 1 fully saturated rings. The molecule has 0 radical (unpaired) electrons. The van der Waals surface area contributed by atoms with Crippen molar-refractivity contribution in [2.45, 2.75) is 19.1 Å². The van der Waals surface area contributed by atoms with Gasteiger partial charge in [0.1, 0.15) is 0 Å². The number of carbonyl (C=O) groups is 2. The summed E-state index contributed by atoms with van der Waals surface area (Å²) in [7, 11) is 0. The molecule has 0 saturated carbocycles. The first-order valence-electron chi connectivity index (χ1n) is 10.0. The molecule has 5 nitrogen and oxygen atoms in total. The summed E-state index contributed by atoms with van der Waals surface area (Å²) in [5.41, 5.74) is 2.78. The highest BCUT2D eigenvalue weighted by molar-refractivity contribution is 5.90. The number of alkyl halides is 3. The molecule has 0 spiro atoms. The molecule has 0 unspecified atom stereocenters. The van der Waals surface area contributed by atoms with E-state index >= 15 is 0 Å². The van der Waals surface area contributed by atoms with Gasteiger partial charge in [-0.1, -0.05) is 18.7 Å². The number of hydrogen-bond acceptors (Lipinski definition) is 3. The van der Waals surface area contributed by atoms with Crippen molar-refractivity contribution in [1.82, 2.24) is 9.80 Å². The van der Waals surface area contributed by atoms with Gasteiger partial charge in [-0.05, 0) is 54.0 Å². The van der Waals surface area contributed by atoms with Crippen molar-refractivity contribution in [2.24, 2.45) is 5.92 Å². The van der Waals surface area contributed by atoms with E-state index in [2.05, 4.69) is 11.9 Å². The van der Waals surface area contributed by atoms with Gasteiger partial charge in [0.15, 0.2) is 0 Å². The SMILES string of the molecule is C=CC(=O)N1CC(C(=O)N2CCc3c(cccc3Nc3ccc(C(F)(F)F)cc3)C2)C1. The lowest BCUT2D eigenvalue weighted by Crippen LogP contribution is -2.56. The number of benzene rings is 2. The minimum absolute atomic E-state index is 0.0415. The number of hydrogen-bond donors (Lipinski definition) is 1. The van der Waals surface area contributed by atoms with Gasteiger partial charge in [0.25, 0.3) is 0 Å². The van der Waals surface area contributed by atoms with Gasteiger partial charge in [0, 0.05) is 37.6 Å². The molecule has 2 aliphatic heterocycles. The first kappa shape index (κ1) is 21.0. The highest BCUT2D eigenvalue weighted by atomic mass is 19.4. The number of halogens is 3. The molecule has 0 atom stereocenters. The Hall–Kier alpha value is -3.29. The zero-order chi connectivity index (χ0) is 22.2. The van der Waals surface area contributed by atoms with Gasteiger partial charge in [-0.2, -0.15) is 13.2 Å². The van der Waals surface area contributed by atoms with Crippen LogP contribution in [0.4, 0.5) is 24.5 Å². The summed E-state index contributed by atoms with van der Waals surface area (Å²) in [5, 5.41) is 3.20. The third-order valence-electron chi connectivity index (χ3n) is 5.79. The maximum absolute atomic E-state index is 12.8. The van der Waals surface area contributed by atoms with Gasteiger partial charge >= 0.3 is 6.18 Å². The van der Waals surface area contributed by atoms with E-state index in [1.165, 1.54) is 18.2 Å². The average molecular weight is 429 g/mol. The van der Waals surface area contributed by atoms with Crippen LogP contribution in [-0.4, -0.2) is 41.2 Å². The minimum atomic E-state index is -4.36.